The van der Waals surface area contributed by atoms with Crippen molar-refractivity contribution in [2.45, 2.75) is 12.8 Å². The van der Waals surface area contributed by atoms with Crippen LogP contribution in [-0.4, -0.2) is 40.0 Å². The van der Waals surface area contributed by atoms with E-state index in [0.717, 1.165) is 61.2 Å². The number of ether oxygens (including phenoxy) is 2. The number of aryl methyl sites for hydroxylation is 1. The van der Waals surface area contributed by atoms with Gasteiger partial charge in [0.25, 0.3) is 0 Å². The second kappa shape index (κ2) is 6.98. The van der Waals surface area contributed by atoms with E-state index >= 15 is 0 Å². The molecule has 0 atom stereocenters. The van der Waals surface area contributed by atoms with Gasteiger partial charge in [-0.25, -0.2) is 0 Å². The summed E-state index contributed by atoms with van der Waals surface area (Å²) in [5.74, 6) is 0.873. The van der Waals surface area contributed by atoms with Crippen molar-refractivity contribution in [3.63, 3.8) is 0 Å². The summed E-state index contributed by atoms with van der Waals surface area (Å²) in [6.07, 6.45) is 1.81. The molecule has 106 valence electrons. The first-order valence-corrected chi connectivity index (χ1v) is 7.03. The van der Waals surface area contributed by atoms with Crippen molar-refractivity contribution in [3.05, 3.63) is 22.7 Å². The molecule has 19 heavy (non-hydrogen) atoms. The Morgan fingerprint density at radius 1 is 1.37 bits per heavy atom. The fraction of sp³-hybridized carbons (Fsp3) is 0.571. The van der Waals surface area contributed by atoms with E-state index in [1.54, 1.807) is 7.11 Å². The zero-order valence-electron chi connectivity index (χ0n) is 11.3. The Labute approximate surface area is 119 Å². The van der Waals surface area contributed by atoms with Crippen LogP contribution in [0.2, 0.25) is 5.02 Å². The Balaban J connectivity index is 2.25. The van der Waals surface area contributed by atoms with Gasteiger partial charge in [0, 0.05) is 18.1 Å². The number of halogens is 1. The van der Waals surface area contributed by atoms with Crippen LogP contribution in [0.3, 0.4) is 0 Å². The Morgan fingerprint density at radius 3 is 2.74 bits per heavy atom. The molecule has 0 saturated carbocycles. The summed E-state index contributed by atoms with van der Waals surface area (Å²) < 4.78 is 10.9. The molecular formula is C14H21ClN2O2. The number of rotatable bonds is 5. The van der Waals surface area contributed by atoms with Gasteiger partial charge in [0.2, 0.25) is 0 Å². The summed E-state index contributed by atoms with van der Waals surface area (Å²) in [6, 6.07) is 4.03. The van der Waals surface area contributed by atoms with Crippen LogP contribution in [0.5, 0.6) is 5.75 Å². The van der Waals surface area contributed by atoms with Crippen molar-refractivity contribution < 1.29 is 9.47 Å². The van der Waals surface area contributed by atoms with E-state index in [2.05, 4.69) is 4.90 Å². The molecule has 0 spiro atoms. The molecule has 1 fully saturated rings. The number of nitrogens with two attached hydrogens (primary N) is 1. The predicted octanol–water partition coefficient (Wildman–Crippen LogP) is 2.08. The highest BCUT2D eigenvalue weighted by molar-refractivity contribution is 6.31. The minimum Gasteiger partial charge on any atom is -0.495 e. The summed E-state index contributed by atoms with van der Waals surface area (Å²) in [7, 11) is 1.69. The number of morpholine rings is 1. The second-order valence-corrected chi connectivity index (χ2v) is 5.01. The molecule has 0 amide bonds. The smallest absolute Gasteiger partial charge is 0.142 e. The van der Waals surface area contributed by atoms with Gasteiger partial charge in [0.05, 0.1) is 26.0 Å². The average Bonchev–Trinajstić information content (AvgIpc) is 2.46. The summed E-state index contributed by atoms with van der Waals surface area (Å²) in [6.45, 7) is 3.90. The van der Waals surface area contributed by atoms with Crippen LogP contribution in [0, 0.1) is 0 Å². The highest BCUT2D eigenvalue weighted by atomic mass is 35.5. The van der Waals surface area contributed by atoms with Crippen LogP contribution < -0.4 is 15.4 Å². The van der Waals surface area contributed by atoms with Gasteiger partial charge in [0.15, 0.2) is 0 Å². The standard InChI is InChI=1S/C14H21ClN2O2/c1-18-14-9-11(3-2-4-16)12(15)10-13(14)17-5-7-19-8-6-17/h9-10H,2-8,16H2,1H3. The average molecular weight is 285 g/mol. The molecule has 1 aliphatic rings. The lowest BCUT2D eigenvalue weighted by Crippen LogP contribution is -2.36. The Bertz CT molecular complexity index is 420. The van der Waals surface area contributed by atoms with Gasteiger partial charge in [-0.2, -0.15) is 0 Å². The van der Waals surface area contributed by atoms with Crippen LogP contribution in [0.1, 0.15) is 12.0 Å². The quantitative estimate of drug-likeness (QED) is 0.899. The molecule has 0 unspecified atom stereocenters. The highest BCUT2D eigenvalue weighted by Crippen LogP contribution is 2.35. The minimum atomic E-state index is 0.670. The molecule has 0 aliphatic carbocycles. The van der Waals surface area contributed by atoms with Crippen LogP contribution in [0.25, 0.3) is 0 Å². The fourth-order valence-electron chi connectivity index (χ4n) is 2.28. The van der Waals surface area contributed by atoms with Crippen molar-refractivity contribution in [3.8, 4) is 5.75 Å². The molecule has 0 aromatic heterocycles. The largest absolute Gasteiger partial charge is 0.495 e. The maximum absolute atomic E-state index is 6.36. The van der Waals surface area contributed by atoms with Gasteiger partial charge in [-0.1, -0.05) is 11.6 Å². The number of methoxy groups -OCH3 is 1. The third kappa shape index (κ3) is 3.53. The first kappa shape index (κ1) is 14.4. The molecule has 1 aliphatic heterocycles. The van der Waals surface area contributed by atoms with E-state index in [9.17, 15) is 0 Å². The van der Waals surface area contributed by atoms with Gasteiger partial charge in [-0.15, -0.1) is 0 Å². The third-order valence-electron chi connectivity index (χ3n) is 3.35. The molecule has 1 aromatic carbocycles. The summed E-state index contributed by atoms with van der Waals surface area (Å²) in [5.41, 5.74) is 7.69. The zero-order valence-corrected chi connectivity index (χ0v) is 12.1. The highest BCUT2D eigenvalue weighted by Gasteiger charge is 2.17. The zero-order chi connectivity index (χ0) is 13.7. The van der Waals surface area contributed by atoms with Crippen LogP contribution in [-0.2, 0) is 11.2 Å². The lowest BCUT2D eigenvalue weighted by atomic mass is 10.1. The van der Waals surface area contributed by atoms with Crippen molar-refractivity contribution in [2.75, 3.05) is 44.9 Å². The molecule has 2 rings (SSSR count). The van der Waals surface area contributed by atoms with E-state index in [4.69, 9.17) is 26.8 Å². The first-order valence-electron chi connectivity index (χ1n) is 6.65. The molecule has 1 heterocycles. The Morgan fingerprint density at radius 2 is 2.11 bits per heavy atom. The van der Waals surface area contributed by atoms with Gasteiger partial charge in [-0.3, -0.25) is 0 Å². The van der Waals surface area contributed by atoms with E-state index < -0.39 is 0 Å². The van der Waals surface area contributed by atoms with Gasteiger partial charge in [-0.05, 0) is 37.1 Å². The van der Waals surface area contributed by atoms with Crippen LogP contribution in [0.4, 0.5) is 5.69 Å². The lowest BCUT2D eigenvalue weighted by molar-refractivity contribution is 0.122. The van der Waals surface area contributed by atoms with Gasteiger partial charge in [0.1, 0.15) is 5.75 Å². The fourth-order valence-corrected chi connectivity index (χ4v) is 2.54. The topological polar surface area (TPSA) is 47.7 Å². The molecule has 4 nitrogen and oxygen atoms in total. The Kier molecular flexibility index (Phi) is 5.31. The number of hydrogen-bond donors (Lipinski definition) is 1. The molecular weight excluding hydrogens is 264 g/mol. The number of nitrogens with zero attached hydrogens (tertiary/aromatic N) is 1. The molecule has 1 aromatic rings. The molecule has 0 bridgehead atoms. The lowest BCUT2D eigenvalue weighted by Gasteiger charge is -2.30. The summed E-state index contributed by atoms with van der Waals surface area (Å²) >= 11 is 6.36. The summed E-state index contributed by atoms with van der Waals surface area (Å²) in [4.78, 5) is 2.25. The van der Waals surface area contributed by atoms with Crippen molar-refractivity contribution >= 4 is 17.3 Å². The monoisotopic (exact) mass is 284 g/mol. The second-order valence-electron chi connectivity index (χ2n) is 4.61. The maximum Gasteiger partial charge on any atom is 0.142 e. The SMILES string of the molecule is COc1cc(CCCN)c(Cl)cc1N1CCOCC1. The van der Waals surface area contributed by atoms with E-state index in [-0.39, 0.29) is 0 Å². The molecule has 2 N–H and O–H groups in total. The predicted molar refractivity (Wildman–Crippen MR) is 78.4 cm³/mol. The molecule has 0 radical (unpaired) electrons. The number of hydrogen-bond acceptors (Lipinski definition) is 4. The van der Waals surface area contributed by atoms with Crippen LogP contribution in [0.15, 0.2) is 12.1 Å². The number of anilines is 1. The summed E-state index contributed by atoms with van der Waals surface area (Å²) in [5, 5.41) is 0.788. The maximum atomic E-state index is 6.36. The van der Waals surface area contributed by atoms with Crippen molar-refractivity contribution in [2.24, 2.45) is 5.73 Å². The van der Waals surface area contributed by atoms with Gasteiger partial charge >= 0.3 is 0 Å². The normalized spacial score (nSPS) is 15.6. The van der Waals surface area contributed by atoms with Crippen LogP contribution >= 0.6 is 11.6 Å². The molecule has 1 saturated heterocycles. The van der Waals surface area contributed by atoms with Crippen molar-refractivity contribution in [1.29, 1.82) is 0 Å². The molecule has 5 heteroatoms. The first-order chi connectivity index (χ1) is 9.26. The minimum absolute atomic E-state index is 0.670. The number of benzene rings is 1. The van der Waals surface area contributed by atoms with E-state index in [1.165, 1.54) is 0 Å². The van der Waals surface area contributed by atoms with E-state index in [0.29, 0.717) is 6.54 Å². The van der Waals surface area contributed by atoms with E-state index in [1.807, 2.05) is 12.1 Å². The van der Waals surface area contributed by atoms with Gasteiger partial charge < -0.3 is 20.1 Å². The third-order valence-corrected chi connectivity index (χ3v) is 3.70. The van der Waals surface area contributed by atoms with Crippen molar-refractivity contribution in [1.82, 2.24) is 0 Å². The Hall–Kier alpha value is -0.970.